The van der Waals surface area contributed by atoms with E-state index in [4.69, 9.17) is 0 Å². The highest BCUT2D eigenvalue weighted by atomic mass is 15.1. The number of hydrogen-bond donors (Lipinski definition) is 1. The Morgan fingerprint density at radius 2 is 2.11 bits per heavy atom. The minimum Gasteiger partial charge on any atom is -0.370 e. The summed E-state index contributed by atoms with van der Waals surface area (Å²) >= 11 is 0. The molecule has 0 saturated heterocycles. The molecular weight excluding hydrogens is 234 g/mol. The van der Waals surface area contributed by atoms with Gasteiger partial charge in [-0.3, -0.25) is 4.98 Å². The molecule has 0 aromatic carbocycles. The van der Waals surface area contributed by atoms with Gasteiger partial charge in [0.15, 0.2) is 0 Å². The molecule has 19 heavy (non-hydrogen) atoms. The number of pyridine rings is 1. The zero-order valence-electron chi connectivity index (χ0n) is 12.7. The lowest BCUT2D eigenvalue weighted by atomic mass is 10.1. The third kappa shape index (κ3) is 3.93. The zero-order chi connectivity index (χ0) is 13.8. The molecule has 106 valence electrons. The van der Waals surface area contributed by atoms with Crippen LogP contribution in [0.25, 0.3) is 0 Å². The van der Waals surface area contributed by atoms with Gasteiger partial charge in [0, 0.05) is 25.8 Å². The largest absolute Gasteiger partial charge is 0.370 e. The first-order valence-electron chi connectivity index (χ1n) is 7.46. The Morgan fingerprint density at radius 3 is 2.74 bits per heavy atom. The van der Waals surface area contributed by atoms with E-state index < -0.39 is 0 Å². The monoisotopic (exact) mass is 261 g/mol. The Hall–Kier alpha value is -1.09. The van der Waals surface area contributed by atoms with Crippen molar-refractivity contribution >= 4 is 5.69 Å². The molecule has 3 nitrogen and oxygen atoms in total. The van der Waals surface area contributed by atoms with Crippen LogP contribution >= 0.6 is 0 Å². The summed E-state index contributed by atoms with van der Waals surface area (Å²) in [5, 5.41) is 3.53. The maximum Gasteiger partial charge on any atom is 0.0598 e. The molecule has 1 heterocycles. The van der Waals surface area contributed by atoms with Gasteiger partial charge in [-0.05, 0) is 49.8 Å². The van der Waals surface area contributed by atoms with Gasteiger partial charge in [0.05, 0.1) is 11.9 Å². The van der Waals surface area contributed by atoms with Crippen LogP contribution in [0.4, 0.5) is 5.69 Å². The van der Waals surface area contributed by atoms with E-state index in [1.165, 1.54) is 24.1 Å². The molecule has 0 amide bonds. The maximum atomic E-state index is 4.30. The number of hydrogen-bond acceptors (Lipinski definition) is 3. The van der Waals surface area contributed by atoms with Crippen molar-refractivity contribution in [1.82, 2.24) is 10.3 Å². The zero-order valence-corrected chi connectivity index (χ0v) is 12.7. The fraction of sp³-hybridized carbons (Fsp3) is 0.688. The maximum absolute atomic E-state index is 4.30. The van der Waals surface area contributed by atoms with Crippen LogP contribution in [0, 0.1) is 11.8 Å². The van der Waals surface area contributed by atoms with Crippen LogP contribution in [0.3, 0.4) is 0 Å². The molecule has 1 aromatic rings. The fourth-order valence-corrected chi connectivity index (χ4v) is 2.49. The number of aromatic nitrogens is 1. The van der Waals surface area contributed by atoms with E-state index in [-0.39, 0.29) is 0 Å². The minimum atomic E-state index is 0.619. The van der Waals surface area contributed by atoms with Crippen molar-refractivity contribution < 1.29 is 0 Å². The van der Waals surface area contributed by atoms with E-state index in [1.54, 1.807) is 0 Å². The molecule has 1 N–H and O–H groups in total. The number of nitrogens with one attached hydrogen (secondary N) is 1. The van der Waals surface area contributed by atoms with Gasteiger partial charge in [-0.25, -0.2) is 0 Å². The summed E-state index contributed by atoms with van der Waals surface area (Å²) < 4.78 is 0. The average Bonchev–Trinajstić information content (AvgIpc) is 3.21. The summed E-state index contributed by atoms with van der Waals surface area (Å²) in [6.45, 7) is 8.79. The first kappa shape index (κ1) is 14.3. The van der Waals surface area contributed by atoms with Gasteiger partial charge in [-0.15, -0.1) is 0 Å². The van der Waals surface area contributed by atoms with E-state index in [9.17, 15) is 0 Å². The molecular formula is C16H27N3. The van der Waals surface area contributed by atoms with Gasteiger partial charge in [-0.2, -0.15) is 0 Å². The van der Waals surface area contributed by atoms with Crippen molar-refractivity contribution in [3.63, 3.8) is 0 Å². The van der Waals surface area contributed by atoms with Crippen molar-refractivity contribution in [2.45, 2.75) is 46.2 Å². The highest BCUT2D eigenvalue weighted by Crippen LogP contribution is 2.36. The van der Waals surface area contributed by atoms with Crippen LogP contribution in [0.5, 0.6) is 0 Å². The van der Waals surface area contributed by atoms with Crippen molar-refractivity contribution in [1.29, 1.82) is 0 Å². The molecule has 1 aliphatic carbocycles. The average molecular weight is 261 g/mol. The van der Waals surface area contributed by atoms with Crippen LogP contribution < -0.4 is 10.2 Å². The van der Waals surface area contributed by atoms with Crippen molar-refractivity contribution in [2.24, 2.45) is 11.8 Å². The van der Waals surface area contributed by atoms with Crippen LogP contribution in [0.15, 0.2) is 18.5 Å². The van der Waals surface area contributed by atoms with E-state index in [0.717, 1.165) is 19.0 Å². The van der Waals surface area contributed by atoms with Crippen LogP contribution in [-0.2, 0) is 6.54 Å². The Bertz CT molecular complexity index is 399. The second-order valence-corrected chi connectivity index (χ2v) is 6.22. The summed E-state index contributed by atoms with van der Waals surface area (Å²) in [5.41, 5.74) is 2.63. The highest BCUT2D eigenvalue weighted by Gasteiger charge is 2.31. The molecule has 1 aromatic heterocycles. The Balaban J connectivity index is 2.02. The topological polar surface area (TPSA) is 28.2 Å². The molecule has 2 rings (SSSR count). The lowest BCUT2D eigenvalue weighted by Crippen LogP contribution is -2.32. The van der Waals surface area contributed by atoms with Gasteiger partial charge in [-0.1, -0.05) is 13.8 Å². The van der Waals surface area contributed by atoms with E-state index in [0.29, 0.717) is 12.0 Å². The van der Waals surface area contributed by atoms with Gasteiger partial charge >= 0.3 is 0 Å². The Morgan fingerprint density at radius 1 is 1.37 bits per heavy atom. The second-order valence-electron chi connectivity index (χ2n) is 6.22. The van der Waals surface area contributed by atoms with Gasteiger partial charge in [0.25, 0.3) is 0 Å². The molecule has 3 heteroatoms. The molecule has 1 aliphatic rings. The summed E-state index contributed by atoms with van der Waals surface area (Å²) in [7, 11) is 2.20. The highest BCUT2D eigenvalue weighted by molar-refractivity contribution is 5.52. The first-order chi connectivity index (χ1) is 9.09. The normalized spacial score (nSPS) is 16.7. The molecule has 0 bridgehead atoms. The van der Waals surface area contributed by atoms with Crippen molar-refractivity contribution in [3.05, 3.63) is 24.0 Å². The number of anilines is 1. The smallest absolute Gasteiger partial charge is 0.0598 e. The Labute approximate surface area is 117 Å². The minimum absolute atomic E-state index is 0.619. The number of nitrogens with zero attached hydrogens (tertiary/aromatic N) is 2. The Kier molecular flexibility index (Phi) is 4.81. The summed E-state index contributed by atoms with van der Waals surface area (Å²) in [6.07, 6.45) is 6.66. The van der Waals surface area contributed by atoms with E-state index >= 15 is 0 Å². The standard InChI is InChI=1S/C16H27N3/c1-12(2)9-18-10-15-7-8-17-11-16(15)19(4)13(3)14-5-6-14/h7-8,11-14,18H,5-6,9-10H2,1-4H3. The van der Waals surface area contributed by atoms with Crippen molar-refractivity contribution in [2.75, 3.05) is 18.5 Å². The van der Waals surface area contributed by atoms with Crippen LogP contribution in [0.1, 0.15) is 39.2 Å². The molecule has 1 saturated carbocycles. The van der Waals surface area contributed by atoms with Gasteiger partial charge in [0.2, 0.25) is 0 Å². The van der Waals surface area contributed by atoms with E-state index in [1.807, 2.05) is 12.4 Å². The number of rotatable bonds is 7. The van der Waals surface area contributed by atoms with Gasteiger partial charge in [0.1, 0.15) is 0 Å². The third-order valence-electron chi connectivity index (χ3n) is 4.05. The molecule has 1 fully saturated rings. The quantitative estimate of drug-likeness (QED) is 0.817. The molecule has 1 atom stereocenters. The summed E-state index contributed by atoms with van der Waals surface area (Å²) in [6, 6.07) is 2.76. The predicted molar refractivity (Wildman–Crippen MR) is 81.4 cm³/mol. The SMILES string of the molecule is CC(C)CNCc1ccncc1N(C)C(C)C1CC1. The molecule has 0 spiro atoms. The fourth-order valence-electron chi connectivity index (χ4n) is 2.49. The van der Waals surface area contributed by atoms with Crippen LogP contribution in [0.2, 0.25) is 0 Å². The van der Waals surface area contributed by atoms with Crippen molar-refractivity contribution in [3.8, 4) is 0 Å². The van der Waals surface area contributed by atoms with Gasteiger partial charge < -0.3 is 10.2 Å². The van der Waals surface area contributed by atoms with E-state index in [2.05, 4.69) is 49.1 Å². The lowest BCUT2D eigenvalue weighted by molar-refractivity contribution is 0.549. The summed E-state index contributed by atoms with van der Waals surface area (Å²) in [4.78, 5) is 6.70. The lowest BCUT2D eigenvalue weighted by Gasteiger charge is -2.29. The van der Waals surface area contributed by atoms with Crippen LogP contribution in [-0.4, -0.2) is 24.6 Å². The summed E-state index contributed by atoms with van der Waals surface area (Å²) in [5.74, 6) is 1.56. The predicted octanol–water partition coefficient (Wildman–Crippen LogP) is 3.06. The molecule has 0 aliphatic heterocycles. The molecule has 1 unspecified atom stereocenters. The second kappa shape index (κ2) is 6.38. The molecule has 0 radical (unpaired) electrons. The first-order valence-corrected chi connectivity index (χ1v) is 7.46. The third-order valence-corrected chi connectivity index (χ3v) is 4.05.